The first-order valence-corrected chi connectivity index (χ1v) is 7.82. The predicted molar refractivity (Wildman–Crippen MR) is 86.0 cm³/mol. The van der Waals surface area contributed by atoms with Gasteiger partial charge in [-0.2, -0.15) is 0 Å². The first-order valence-electron chi connectivity index (χ1n) is 6.84. The van der Waals surface area contributed by atoms with Crippen molar-refractivity contribution in [1.29, 1.82) is 0 Å². The van der Waals surface area contributed by atoms with Crippen LogP contribution in [0, 0.1) is 0 Å². The zero-order chi connectivity index (χ0) is 14.0. The Morgan fingerprint density at radius 2 is 1.70 bits per heavy atom. The van der Waals surface area contributed by atoms with Crippen LogP contribution in [0.2, 0.25) is 0 Å². The lowest BCUT2D eigenvalue weighted by Crippen LogP contribution is -2.18. The lowest BCUT2D eigenvalue weighted by atomic mass is 10.2. The molecule has 2 nitrogen and oxygen atoms in total. The Hall–Kier alpha value is -1.29. The minimum Gasteiger partial charge on any atom is -0.383 e. The molecule has 0 radical (unpaired) electrons. The van der Waals surface area contributed by atoms with E-state index in [4.69, 9.17) is 4.74 Å². The molecule has 0 amide bonds. The minimum atomic E-state index is 0.755. The molecule has 0 saturated heterocycles. The number of methoxy groups -OCH3 is 1. The molecule has 0 spiro atoms. The van der Waals surface area contributed by atoms with Crippen LogP contribution in [0.3, 0.4) is 0 Å². The van der Waals surface area contributed by atoms with Crippen LogP contribution in [0.1, 0.15) is 11.1 Å². The van der Waals surface area contributed by atoms with Crippen molar-refractivity contribution in [1.82, 2.24) is 5.32 Å². The Labute approximate surface area is 125 Å². The fourth-order valence-corrected chi connectivity index (χ4v) is 2.71. The van der Waals surface area contributed by atoms with Crippen LogP contribution in [-0.4, -0.2) is 20.3 Å². The zero-order valence-corrected chi connectivity index (χ0v) is 12.7. The summed E-state index contributed by atoms with van der Waals surface area (Å²) in [4.78, 5) is 1.31. The number of nitrogens with one attached hydrogen (secondary N) is 1. The lowest BCUT2D eigenvalue weighted by Gasteiger charge is -2.06. The normalized spacial score (nSPS) is 10.7. The Morgan fingerprint density at radius 1 is 0.950 bits per heavy atom. The molecule has 2 aromatic carbocycles. The van der Waals surface area contributed by atoms with Crippen LogP contribution >= 0.6 is 11.8 Å². The van der Waals surface area contributed by atoms with E-state index in [0.717, 1.165) is 25.4 Å². The first-order chi connectivity index (χ1) is 9.88. The van der Waals surface area contributed by atoms with Gasteiger partial charge in [0.15, 0.2) is 0 Å². The van der Waals surface area contributed by atoms with Crippen molar-refractivity contribution in [2.24, 2.45) is 0 Å². The molecular formula is C17H21NOS. The quantitative estimate of drug-likeness (QED) is 0.590. The van der Waals surface area contributed by atoms with Gasteiger partial charge in [0.2, 0.25) is 0 Å². The van der Waals surface area contributed by atoms with Gasteiger partial charge in [-0.05, 0) is 23.3 Å². The SMILES string of the molecule is COCCNCc1ccc(SCc2ccccc2)cc1. The van der Waals surface area contributed by atoms with Crippen molar-refractivity contribution in [3.8, 4) is 0 Å². The molecule has 1 N–H and O–H groups in total. The van der Waals surface area contributed by atoms with Crippen molar-refractivity contribution in [2.75, 3.05) is 20.3 Å². The topological polar surface area (TPSA) is 21.3 Å². The standard InChI is InChI=1S/C17H21NOS/c1-19-12-11-18-13-15-7-9-17(10-8-15)20-14-16-5-3-2-4-6-16/h2-10,18H,11-14H2,1H3. The fraction of sp³-hybridized carbons (Fsp3) is 0.294. The maximum Gasteiger partial charge on any atom is 0.0587 e. The molecule has 0 aliphatic heterocycles. The average molecular weight is 287 g/mol. The minimum absolute atomic E-state index is 0.755. The largest absolute Gasteiger partial charge is 0.383 e. The van der Waals surface area contributed by atoms with Gasteiger partial charge in [0.05, 0.1) is 6.61 Å². The van der Waals surface area contributed by atoms with Crippen molar-refractivity contribution in [3.05, 3.63) is 65.7 Å². The molecule has 0 heterocycles. The Bertz CT molecular complexity index is 484. The summed E-state index contributed by atoms with van der Waals surface area (Å²) >= 11 is 1.87. The molecule has 0 aromatic heterocycles. The number of thioether (sulfide) groups is 1. The van der Waals surface area contributed by atoms with Gasteiger partial charge < -0.3 is 10.1 Å². The summed E-state index contributed by atoms with van der Waals surface area (Å²) in [5.41, 5.74) is 2.67. The second-order valence-corrected chi connectivity index (χ2v) is 5.64. The summed E-state index contributed by atoms with van der Waals surface area (Å²) in [6.45, 7) is 2.54. The van der Waals surface area contributed by atoms with Crippen LogP contribution in [0.5, 0.6) is 0 Å². The molecule has 0 aliphatic rings. The van der Waals surface area contributed by atoms with Crippen molar-refractivity contribution in [2.45, 2.75) is 17.2 Å². The highest BCUT2D eigenvalue weighted by atomic mass is 32.2. The second-order valence-electron chi connectivity index (χ2n) is 4.59. The van der Waals surface area contributed by atoms with E-state index in [0.29, 0.717) is 0 Å². The van der Waals surface area contributed by atoms with Crippen molar-refractivity contribution in [3.63, 3.8) is 0 Å². The molecule has 2 aromatic rings. The number of hydrogen-bond donors (Lipinski definition) is 1. The molecule has 0 bridgehead atoms. The van der Waals surface area contributed by atoms with E-state index >= 15 is 0 Å². The van der Waals surface area contributed by atoms with Gasteiger partial charge in [-0.1, -0.05) is 42.5 Å². The maximum atomic E-state index is 5.01. The van der Waals surface area contributed by atoms with E-state index in [9.17, 15) is 0 Å². The van der Waals surface area contributed by atoms with E-state index in [1.165, 1.54) is 16.0 Å². The van der Waals surface area contributed by atoms with Gasteiger partial charge in [-0.15, -0.1) is 11.8 Å². The lowest BCUT2D eigenvalue weighted by molar-refractivity contribution is 0.199. The average Bonchev–Trinajstić information content (AvgIpc) is 2.52. The van der Waals surface area contributed by atoms with Gasteiger partial charge in [0, 0.05) is 30.8 Å². The van der Waals surface area contributed by atoms with Gasteiger partial charge in [-0.3, -0.25) is 0 Å². The highest BCUT2D eigenvalue weighted by molar-refractivity contribution is 7.98. The highest BCUT2D eigenvalue weighted by Crippen LogP contribution is 2.22. The van der Waals surface area contributed by atoms with Crippen molar-refractivity contribution >= 4 is 11.8 Å². The van der Waals surface area contributed by atoms with Crippen LogP contribution < -0.4 is 5.32 Å². The summed E-state index contributed by atoms with van der Waals surface area (Å²) in [5.74, 6) is 1.02. The van der Waals surface area contributed by atoms with E-state index in [2.05, 4.69) is 59.9 Å². The number of hydrogen-bond acceptors (Lipinski definition) is 3. The van der Waals surface area contributed by atoms with Gasteiger partial charge in [-0.25, -0.2) is 0 Å². The molecule has 3 heteroatoms. The third-order valence-electron chi connectivity index (χ3n) is 2.98. The van der Waals surface area contributed by atoms with E-state index in [1.54, 1.807) is 7.11 Å². The van der Waals surface area contributed by atoms with Gasteiger partial charge >= 0.3 is 0 Å². The smallest absolute Gasteiger partial charge is 0.0587 e. The molecule has 0 atom stereocenters. The van der Waals surface area contributed by atoms with Crippen LogP contribution in [0.15, 0.2) is 59.5 Å². The molecular weight excluding hydrogens is 266 g/mol. The summed E-state index contributed by atoms with van der Waals surface area (Å²) < 4.78 is 5.01. The molecule has 0 saturated carbocycles. The molecule has 0 aliphatic carbocycles. The monoisotopic (exact) mass is 287 g/mol. The maximum absolute atomic E-state index is 5.01. The van der Waals surface area contributed by atoms with Crippen LogP contribution in [0.4, 0.5) is 0 Å². The molecule has 20 heavy (non-hydrogen) atoms. The van der Waals surface area contributed by atoms with Gasteiger partial charge in [0.1, 0.15) is 0 Å². The van der Waals surface area contributed by atoms with E-state index in [1.807, 2.05) is 11.8 Å². The number of benzene rings is 2. The molecule has 2 rings (SSSR count). The molecule has 106 valence electrons. The summed E-state index contributed by atoms with van der Waals surface area (Å²) in [6.07, 6.45) is 0. The van der Waals surface area contributed by atoms with Gasteiger partial charge in [0.25, 0.3) is 0 Å². The summed E-state index contributed by atoms with van der Waals surface area (Å²) in [5, 5.41) is 3.35. The fourth-order valence-electron chi connectivity index (χ4n) is 1.85. The Kier molecular flexibility index (Phi) is 6.64. The summed E-state index contributed by atoms with van der Waals surface area (Å²) in [6, 6.07) is 19.3. The highest BCUT2D eigenvalue weighted by Gasteiger charge is 1.97. The first kappa shape index (κ1) is 15.1. The third kappa shape index (κ3) is 5.37. The molecule has 0 unspecified atom stereocenters. The Morgan fingerprint density at radius 3 is 2.40 bits per heavy atom. The molecule has 0 fully saturated rings. The second kappa shape index (κ2) is 8.80. The predicted octanol–water partition coefficient (Wildman–Crippen LogP) is 3.71. The van der Waals surface area contributed by atoms with Crippen LogP contribution in [0.25, 0.3) is 0 Å². The van der Waals surface area contributed by atoms with Crippen LogP contribution in [-0.2, 0) is 17.0 Å². The Balaban J connectivity index is 1.76. The number of rotatable bonds is 8. The number of ether oxygens (including phenoxy) is 1. The van der Waals surface area contributed by atoms with E-state index in [-0.39, 0.29) is 0 Å². The van der Waals surface area contributed by atoms with Crippen molar-refractivity contribution < 1.29 is 4.74 Å². The third-order valence-corrected chi connectivity index (χ3v) is 4.07. The summed E-state index contributed by atoms with van der Waals surface area (Å²) in [7, 11) is 1.72. The zero-order valence-electron chi connectivity index (χ0n) is 11.8. The van der Waals surface area contributed by atoms with E-state index < -0.39 is 0 Å².